The average Bonchev–Trinajstić information content (AvgIpc) is 3.06. The summed E-state index contributed by atoms with van der Waals surface area (Å²) < 4.78 is 0. The van der Waals surface area contributed by atoms with Crippen molar-refractivity contribution in [1.82, 2.24) is 15.0 Å². The number of fused-ring (bicyclic) bond motifs is 2. The van der Waals surface area contributed by atoms with Gasteiger partial charge in [0.1, 0.15) is 0 Å². The minimum atomic E-state index is 0.672. The highest BCUT2D eigenvalue weighted by atomic mass is 15.0. The highest BCUT2D eigenvalue weighted by Gasteiger charge is 2.18. The van der Waals surface area contributed by atoms with Gasteiger partial charge < -0.3 is 0 Å². The van der Waals surface area contributed by atoms with Gasteiger partial charge in [0.05, 0.1) is 0 Å². The van der Waals surface area contributed by atoms with Gasteiger partial charge in [-0.15, -0.1) is 0 Å². The van der Waals surface area contributed by atoms with Crippen LogP contribution >= 0.6 is 0 Å². The molecule has 0 saturated carbocycles. The molecule has 194 valence electrons. The molecule has 1 aromatic heterocycles. The van der Waals surface area contributed by atoms with Crippen LogP contribution in [0.15, 0.2) is 140 Å². The van der Waals surface area contributed by atoms with Crippen LogP contribution in [0.5, 0.6) is 0 Å². The van der Waals surface area contributed by atoms with Crippen molar-refractivity contribution < 1.29 is 0 Å². The van der Waals surface area contributed by atoms with Crippen LogP contribution in [-0.2, 0) is 0 Å². The van der Waals surface area contributed by atoms with E-state index in [4.69, 9.17) is 15.0 Å². The van der Waals surface area contributed by atoms with Gasteiger partial charge in [0.25, 0.3) is 0 Å². The maximum absolute atomic E-state index is 5.19. The number of nitrogens with zero attached hydrogens (tertiary/aromatic N) is 3. The smallest absolute Gasteiger partial charge is 0.164 e. The Kier molecular flexibility index (Phi) is 4.90. The minimum Gasteiger partial charge on any atom is -0.208 e. The summed E-state index contributed by atoms with van der Waals surface area (Å²) in [5.74, 6) is 2.02. The van der Waals surface area contributed by atoms with Gasteiger partial charge in [-0.1, -0.05) is 133 Å². The molecule has 0 amide bonds. The van der Waals surface area contributed by atoms with Crippen molar-refractivity contribution in [2.24, 2.45) is 0 Å². The van der Waals surface area contributed by atoms with Gasteiger partial charge in [-0.3, -0.25) is 0 Å². The fourth-order valence-electron chi connectivity index (χ4n) is 6.51. The highest BCUT2D eigenvalue weighted by molar-refractivity contribution is 6.25. The number of rotatable bonds is 3. The zero-order valence-electron chi connectivity index (χ0n) is 22.6. The average molecular weight is 534 g/mol. The molecule has 0 unspecified atom stereocenters. The molecule has 3 nitrogen and oxygen atoms in total. The van der Waals surface area contributed by atoms with E-state index in [2.05, 4.69) is 140 Å². The summed E-state index contributed by atoms with van der Waals surface area (Å²) in [4.78, 5) is 15.5. The molecule has 0 saturated heterocycles. The van der Waals surface area contributed by atoms with Gasteiger partial charge in [0, 0.05) is 16.7 Å². The molecular weight excluding hydrogens is 510 g/mol. The molecular formula is C39H23N3. The molecule has 0 atom stereocenters. The molecule has 9 aromatic rings. The summed E-state index contributed by atoms with van der Waals surface area (Å²) in [6.07, 6.45) is 0. The van der Waals surface area contributed by atoms with Gasteiger partial charge in [-0.05, 0) is 59.9 Å². The summed E-state index contributed by atoms with van der Waals surface area (Å²) in [5.41, 5.74) is 3.00. The number of benzene rings is 8. The van der Waals surface area contributed by atoms with Crippen LogP contribution in [0.3, 0.4) is 0 Å². The standard InChI is InChI=1S/C39H23N3/c1-3-14-29-24(8-1)10-6-16-32(29)37-40-38(33-17-7-11-25-9-2-4-15-30(25)33)42-39(41-37)34-23-21-28-19-18-26-12-5-13-27-20-22-31(34)36(28)35(26)27/h1-23H. The van der Waals surface area contributed by atoms with Crippen molar-refractivity contribution in [3.63, 3.8) is 0 Å². The molecule has 9 rings (SSSR count). The molecule has 0 bridgehead atoms. The molecule has 0 spiro atoms. The second-order valence-electron chi connectivity index (χ2n) is 10.8. The zero-order chi connectivity index (χ0) is 27.6. The summed E-state index contributed by atoms with van der Waals surface area (Å²) >= 11 is 0. The molecule has 3 heteroatoms. The van der Waals surface area contributed by atoms with Gasteiger partial charge in [-0.2, -0.15) is 0 Å². The van der Waals surface area contributed by atoms with Crippen molar-refractivity contribution in [2.75, 3.05) is 0 Å². The third-order valence-electron chi connectivity index (χ3n) is 8.47. The molecule has 0 aliphatic rings. The maximum atomic E-state index is 5.19. The van der Waals surface area contributed by atoms with E-state index < -0.39 is 0 Å². The molecule has 0 fully saturated rings. The van der Waals surface area contributed by atoms with E-state index in [1.165, 1.54) is 26.9 Å². The second-order valence-corrected chi connectivity index (χ2v) is 10.8. The van der Waals surface area contributed by atoms with E-state index in [0.717, 1.165) is 43.6 Å². The van der Waals surface area contributed by atoms with E-state index >= 15 is 0 Å². The van der Waals surface area contributed by atoms with Crippen LogP contribution in [0.2, 0.25) is 0 Å². The van der Waals surface area contributed by atoms with Gasteiger partial charge >= 0.3 is 0 Å². The van der Waals surface area contributed by atoms with Crippen molar-refractivity contribution in [2.45, 2.75) is 0 Å². The molecule has 0 aliphatic heterocycles. The third-order valence-corrected chi connectivity index (χ3v) is 8.47. The van der Waals surface area contributed by atoms with Crippen LogP contribution in [0.4, 0.5) is 0 Å². The summed E-state index contributed by atoms with van der Waals surface area (Å²) in [5, 5.41) is 11.9. The molecule has 42 heavy (non-hydrogen) atoms. The van der Waals surface area contributed by atoms with Crippen molar-refractivity contribution in [3.8, 4) is 34.2 Å². The predicted octanol–water partition coefficient (Wildman–Crippen LogP) is 10.1. The van der Waals surface area contributed by atoms with E-state index in [1.807, 2.05) is 0 Å². The first-order valence-electron chi connectivity index (χ1n) is 14.2. The highest BCUT2D eigenvalue weighted by Crippen LogP contribution is 2.39. The first-order valence-corrected chi connectivity index (χ1v) is 14.2. The number of hydrogen-bond donors (Lipinski definition) is 0. The van der Waals surface area contributed by atoms with Crippen LogP contribution in [0.25, 0.3) is 88.0 Å². The van der Waals surface area contributed by atoms with Crippen molar-refractivity contribution in [1.29, 1.82) is 0 Å². The van der Waals surface area contributed by atoms with Gasteiger partial charge in [-0.25, -0.2) is 15.0 Å². The Morgan fingerprint density at radius 2 is 0.667 bits per heavy atom. The first-order chi connectivity index (χ1) is 20.8. The largest absolute Gasteiger partial charge is 0.208 e. The molecule has 1 heterocycles. The predicted molar refractivity (Wildman–Crippen MR) is 175 cm³/mol. The normalized spacial score (nSPS) is 11.8. The quantitative estimate of drug-likeness (QED) is 0.212. The second kappa shape index (κ2) is 8.92. The Hall–Kier alpha value is -5.67. The summed E-state index contributed by atoms with van der Waals surface area (Å²) in [6.45, 7) is 0. The first kappa shape index (κ1) is 23.1. The van der Waals surface area contributed by atoms with E-state index in [0.29, 0.717) is 17.5 Å². The Labute approximate surface area is 242 Å². The zero-order valence-corrected chi connectivity index (χ0v) is 22.6. The SMILES string of the molecule is c1ccc2c(-c3nc(-c4cccc5ccccc45)nc(-c4ccc5ccc6cccc7ccc4c5c67)n3)cccc2c1. The van der Waals surface area contributed by atoms with E-state index in [9.17, 15) is 0 Å². The maximum Gasteiger partial charge on any atom is 0.164 e. The molecule has 0 aliphatic carbocycles. The van der Waals surface area contributed by atoms with E-state index in [1.54, 1.807) is 0 Å². The van der Waals surface area contributed by atoms with Gasteiger partial charge in [0.2, 0.25) is 0 Å². The topological polar surface area (TPSA) is 38.7 Å². The number of aromatic nitrogens is 3. The fraction of sp³-hybridized carbons (Fsp3) is 0. The lowest BCUT2D eigenvalue weighted by Crippen LogP contribution is -2.01. The lowest BCUT2D eigenvalue weighted by atomic mass is 9.92. The molecule has 8 aromatic carbocycles. The van der Waals surface area contributed by atoms with Crippen molar-refractivity contribution in [3.05, 3.63) is 140 Å². The van der Waals surface area contributed by atoms with Crippen LogP contribution in [0, 0.1) is 0 Å². The minimum absolute atomic E-state index is 0.672. The monoisotopic (exact) mass is 533 g/mol. The lowest BCUT2D eigenvalue weighted by molar-refractivity contribution is 1.08. The lowest BCUT2D eigenvalue weighted by Gasteiger charge is -2.15. The molecule has 0 radical (unpaired) electrons. The fourth-order valence-corrected chi connectivity index (χ4v) is 6.51. The Bertz CT molecular complexity index is 2350. The summed E-state index contributed by atoms with van der Waals surface area (Å²) in [6, 6.07) is 49.2. The molecule has 0 N–H and O–H groups in total. The third kappa shape index (κ3) is 3.44. The Morgan fingerprint density at radius 3 is 1.26 bits per heavy atom. The van der Waals surface area contributed by atoms with Crippen LogP contribution < -0.4 is 0 Å². The van der Waals surface area contributed by atoms with Crippen LogP contribution in [0.1, 0.15) is 0 Å². The van der Waals surface area contributed by atoms with Crippen LogP contribution in [-0.4, -0.2) is 15.0 Å². The number of hydrogen-bond acceptors (Lipinski definition) is 3. The van der Waals surface area contributed by atoms with Crippen molar-refractivity contribution >= 4 is 53.9 Å². The Balaban J connectivity index is 1.38. The summed E-state index contributed by atoms with van der Waals surface area (Å²) in [7, 11) is 0. The van der Waals surface area contributed by atoms with Gasteiger partial charge in [0.15, 0.2) is 17.5 Å². The van der Waals surface area contributed by atoms with E-state index in [-0.39, 0.29) is 0 Å². The Morgan fingerprint density at radius 1 is 0.262 bits per heavy atom.